The minimum atomic E-state index is -4.14. The summed E-state index contributed by atoms with van der Waals surface area (Å²) in [6.45, 7) is 1.89. The fraction of sp³-hybridized carbons (Fsp3) is 0.364. The summed E-state index contributed by atoms with van der Waals surface area (Å²) in [6.07, 6.45) is 1.19. The van der Waals surface area contributed by atoms with Crippen LogP contribution in [0, 0.1) is 6.92 Å². The number of carboxylic acid groups (broad SMARTS) is 1. The number of aromatic nitrogens is 2. The Hall–Kier alpha value is -3.31. The largest absolute Gasteiger partial charge is 0.481 e. The summed E-state index contributed by atoms with van der Waals surface area (Å²) < 4.78 is 33.4. The average Bonchev–Trinajstić information content (AvgIpc) is 3.53. The Bertz CT molecular complexity index is 1280. The summed E-state index contributed by atoms with van der Waals surface area (Å²) in [5.41, 5.74) is 0. The highest BCUT2D eigenvalue weighted by atomic mass is 32.2. The van der Waals surface area contributed by atoms with Crippen LogP contribution in [0.15, 0.2) is 51.9 Å². The first-order valence-corrected chi connectivity index (χ1v) is 12.0. The van der Waals surface area contributed by atoms with Crippen molar-refractivity contribution in [3.8, 4) is 0 Å². The maximum Gasteiger partial charge on any atom is 0.305 e. The lowest BCUT2D eigenvalue weighted by Crippen LogP contribution is -2.50. The molecule has 33 heavy (non-hydrogen) atoms. The van der Waals surface area contributed by atoms with Crippen molar-refractivity contribution in [3.05, 3.63) is 54.2 Å². The monoisotopic (exact) mass is 472 g/mol. The molecule has 0 radical (unpaired) electrons. The fourth-order valence-corrected chi connectivity index (χ4v) is 4.89. The molecule has 1 aliphatic carbocycles. The summed E-state index contributed by atoms with van der Waals surface area (Å²) in [5, 5.41) is 14.8. The predicted octanol–water partition coefficient (Wildman–Crippen LogP) is 1.89. The number of fused-ring (bicyclic) bond motifs is 1. The number of aliphatic carboxylic acids is 1. The number of carbonyl (C=O) groups is 2. The van der Waals surface area contributed by atoms with E-state index in [9.17, 15) is 23.1 Å². The third-order valence-corrected chi connectivity index (χ3v) is 6.89. The number of amides is 1. The van der Waals surface area contributed by atoms with Gasteiger partial charge < -0.3 is 14.5 Å². The molecule has 1 heterocycles. The third-order valence-electron chi connectivity index (χ3n) is 5.42. The van der Waals surface area contributed by atoms with Crippen molar-refractivity contribution in [1.82, 2.24) is 19.8 Å². The highest BCUT2D eigenvalue weighted by Gasteiger charge is 2.38. The Morgan fingerprint density at radius 1 is 1.21 bits per heavy atom. The van der Waals surface area contributed by atoms with Crippen LogP contribution in [0.1, 0.15) is 31.0 Å². The van der Waals surface area contributed by atoms with Crippen LogP contribution in [-0.4, -0.2) is 59.1 Å². The van der Waals surface area contributed by atoms with Crippen LogP contribution in [0.2, 0.25) is 0 Å². The number of hydrogen-bond acceptors (Lipinski definition) is 7. The van der Waals surface area contributed by atoms with Gasteiger partial charge in [0.05, 0.1) is 11.3 Å². The van der Waals surface area contributed by atoms with Crippen LogP contribution in [-0.2, 0) is 26.0 Å². The van der Waals surface area contributed by atoms with Crippen molar-refractivity contribution in [1.29, 1.82) is 0 Å². The van der Waals surface area contributed by atoms with E-state index in [0.717, 1.165) is 23.6 Å². The highest BCUT2D eigenvalue weighted by molar-refractivity contribution is 7.89. The summed E-state index contributed by atoms with van der Waals surface area (Å²) in [4.78, 5) is 30.3. The molecule has 1 fully saturated rings. The number of nitrogens with one attached hydrogen (secondary N) is 1. The Labute approximate surface area is 190 Å². The number of benzene rings is 2. The molecule has 0 aliphatic heterocycles. The van der Waals surface area contributed by atoms with Crippen LogP contribution in [0.4, 0.5) is 0 Å². The van der Waals surface area contributed by atoms with E-state index in [1.54, 1.807) is 25.1 Å². The Morgan fingerprint density at radius 2 is 1.94 bits per heavy atom. The minimum absolute atomic E-state index is 0.0374. The molecular formula is C22H24N4O6S. The van der Waals surface area contributed by atoms with Gasteiger partial charge in [-0.15, -0.1) is 0 Å². The number of rotatable bonds is 10. The van der Waals surface area contributed by atoms with Crippen molar-refractivity contribution < 1.29 is 27.6 Å². The second kappa shape index (κ2) is 9.28. The number of carboxylic acids is 1. The molecule has 10 nitrogen and oxygen atoms in total. The first kappa shape index (κ1) is 22.9. The van der Waals surface area contributed by atoms with Crippen molar-refractivity contribution in [2.75, 3.05) is 6.54 Å². The van der Waals surface area contributed by atoms with Crippen LogP contribution >= 0.6 is 0 Å². The lowest BCUT2D eigenvalue weighted by Gasteiger charge is -2.27. The zero-order chi connectivity index (χ0) is 23.6. The molecule has 2 N–H and O–H groups in total. The van der Waals surface area contributed by atoms with E-state index in [1.165, 1.54) is 17.0 Å². The standard InChI is InChI=1S/C22H24N4O6S/c1-14-23-20(24-32-14)10-11-26(17-7-8-17)22(29)19(13-21(27)28)25-33(30,31)18-9-6-15-4-2-3-5-16(15)12-18/h2-6,9,12,17,19,25H,7-8,10-11,13H2,1H3,(H,27,28)/t19-/m0/s1. The van der Waals surface area contributed by atoms with Crippen molar-refractivity contribution in [2.24, 2.45) is 0 Å². The van der Waals surface area contributed by atoms with Gasteiger partial charge in [-0.2, -0.15) is 9.71 Å². The summed E-state index contributed by atoms with van der Waals surface area (Å²) in [5.74, 6) is -1.03. The van der Waals surface area contributed by atoms with E-state index in [1.807, 2.05) is 12.1 Å². The van der Waals surface area contributed by atoms with Gasteiger partial charge in [-0.05, 0) is 35.7 Å². The van der Waals surface area contributed by atoms with E-state index < -0.39 is 34.4 Å². The molecule has 11 heteroatoms. The molecule has 174 valence electrons. The molecule has 1 atom stereocenters. The van der Waals surface area contributed by atoms with Crippen molar-refractivity contribution in [3.63, 3.8) is 0 Å². The number of aryl methyl sites for hydroxylation is 1. The number of hydrogen-bond donors (Lipinski definition) is 2. The summed E-state index contributed by atoms with van der Waals surface area (Å²) in [7, 11) is -4.14. The van der Waals surface area contributed by atoms with Gasteiger partial charge >= 0.3 is 5.97 Å². The molecular weight excluding hydrogens is 448 g/mol. The van der Waals surface area contributed by atoms with Gasteiger partial charge in [0.15, 0.2) is 5.82 Å². The maximum atomic E-state index is 13.3. The normalized spacial score (nSPS) is 14.8. The van der Waals surface area contributed by atoms with Crippen LogP contribution < -0.4 is 4.72 Å². The second-order valence-corrected chi connectivity index (χ2v) is 9.74. The average molecular weight is 473 g/mol. The van der Waals surface area contributed by atoms with Gasteiger partial charge in [0.2, 0.25) is 21.8 Å². The molecule has 3 aromatic rings. The molecule has 0 saturated heterocycles. The lowest BCUT2D eigenvalue weighted by molar-refractivity contribution is -0.142. The molecule has 1 aliphatic rings. The van der Waals surface area contributed by atoms with Gasteiger partial charge in [-0.3, -0.25) is 9.59 Å². The predicted molar refractivity (Wildman–Crippen MR) is 118 cm³/mol. The topological polar surface area (TPSA) is 143 Å². The van der Waals surface area contributed by atoms with E-state index in [4.69, 9.17) is 4.52 Å². The SMILES string of the molecule is Cc1nc(CCN(C(=O)[C@H](CC(=O)O)NS(=O)(=O)c2ccc3ccccc3c2)C2CC2)no1. The third kappa shape index (κ3) is 5.55. The zero-order valence-electron chi connectivity index (χ0n) is 18.0. The first-order valence-electron chi connectivity index (χ1n) is 10.6. The minimum Gasteiger partial charge on any atom is -0.481 e. The molecule has 1 aromatic heterocycles. The second-order valence-electron chi connectivity index (χ2n) is 8.02. The Balaban J connectivity index is 1.55. The maximum absolute atomic E-state index is 13.3. The van der Waals surface area contributed by atoms with Gasteiger partial charge in [0.1, 0.15) is 6.04 Å². The number of carbonyl (C=O) groups excluding carboxylic acids is 1. The van der Waals surface area contributed by atoms with E-state index >= 15 is 0 Å². The van der Waals surface area contributed by atoms with Crippen LogP contribution in [0.25, 0.3) is 10.8 Å². The lowest BCUT2D eigenvalue weighted by atomic mass is 10.1. The molecule has 0 bridgehead atoms. The summed E-state index contributed by atoms with van der Waals surface area (Å²) >= 11 is 0. The van der Waals surface area contributed by atoms with E-state index in [2.05, 4.69) is 14.9 Å². The fourth-order valence-electron chi connectivity index (χ4n) is 3.67. The molecule has 0 spiro atoms. The van der Waals surface area contributed by atoms with E-state index in [0.29, 0.717) is 18.1 Å². The Kier molecular flexibility index (Phi) is 6.43. The molecule has 1 amide bonds. The highest BCUT2D eigenvalue weighted by Crippen LogP contribution is 2.28. The number of nitrogens with zero attached hydrogens (tertiary/aromatic N) is 3. The quantitative estimate of drug-likeness (QED) is 0.455. The Morgan fingerprint density at radius 3 is 2.58 bits per heavy atom. The van der Waals surface area contributed by atoms with Gasteiger partial charge in [-0.25, -0.2) is 8.42 Å². The smallest absolute Gasteiger partial charge is 0.305 e. The van der Waals surface area contributed by atoms with Crippen LogP contribution in [0.3, 0.4) is 0 Å². The van der Waals surface area contributed by atoms with Crippen molar-refractivity contribution >= 4 is 32.7 Å². The molecule has 4 rings (SSSR count). The zero-order valence-corrected chi connectivity index (χ0v) is 18.8. The summed E-state index contributed by atoms with van der Waals surface area (Å²) in [6, 6.07) is 10.4. The molecule has 2 aromatic carbocycles. The first-order chi connectivity index (χ1) is 15.7. The van der Waals surface area contributed by atoms with Gasteiger partial charge in [0.25, 0.3) is 0 Å². The van der Waals surface area contributed by atoms with Gasteiger partial charge in [0, 0.05) is 25.9 Å². The van der Waals surface area contributed by atoms with Gasteiger partial charge in [-0.1, -0.05) is 35.5 Å². The van der Waals surface area contributed by atoms with Crippen LogP contribution in [0.5, 0.6) is 0 Å². The van der Waals surface area contributed by atoms with E-state index in [-0.39, 0.29) is 17.5 Å². The molecule has 1 saturated carbocycles. The molecule has 0 unspecified atom stereocenters. The number of sulfonamides is 1. The van der Waals surface area contributed by atoms with Crippen molar-refractivity contribution in [2.45, 2.75) is 49.6 Å².